The fourth-order valence-corrected chi connectivity index (χ4v) is 5.04. The van der Waals surface area contributed by atoms with Crippen molar-refractivity contribution in [1.82, 2.24) is 5.16 Å². The number of Topliss-reactive ketones (excluding diaryl/α,β-unsaturated/α-hetero) is 1. The van der Waals surface area contributed by atoms with Crippen LogP contribution < -0.4 is 14.2 Å². The third-order valence-corrected chi connectivity index (χ3v) is 7.28. The lowest BCUT2D eigenvalue weighted by Gasteiger charge is -2.15. The molecule has 0 bridgehead atoms. The number of sulfonamides is 1. The van der Waals surface area contributed by atoms with Gasteiger partial charge >= 0.3 is 0 Å². The van der Waals surface area contributed by atoms with Crippen LogP contribution in [0.5, 0.6) is 11.5 Å². The molecule has 4 aromatic rings. The number of nitrogens with one attached hydrogen (secondary N) is 1. The molecule has 0 unspecified atom stereocenters. The Kier molecular flexibility index (Phi) is 6.53. The fraction of sp³-hybridized carbons (Fsp3) is 0.0833. The molecule has 2 aromatic heterocycles. The number of hydrogen-bond acceptors (Lipinski definition) is 8. The molecule has 4 rings (SSSR count). The Morgan fingerprint density at radius 1 is 1.06 bits per heavy atom. The molecule has 2 aromatic carbocycles. The van der Waals surface area contributed by atoms with Crippen LogP contribution in [-0.4, -0.2) is 33.6 Å². The topological polar surface area (TPSA) is 108 Å². The third kappa shape index (κ3) is 4.59. The molecule has 0 saturated heterocycles. The van der Waals surface area contributed by atoms with Crippen molar-refractivity contribution in [3.63, 3.8) is 0 Å². The Labute approximate surface area is 200 Å². The Morgan fingerprint density at radius 2 is 1.79 bits per heavy atom. The highest BCUT2D eigenvalue weighted by atomic mass is 32.2. The zero-order valence-electron chi connectivity index (χ0n) is 18.3. The predicted molar refractivity (Wildman–Crippen MR) is 130 cm³/mol. The second-order valence-corrected chi connectivity index (χ2v) is 9.68. The van der Waals surface area contributed by atoms with Crippen LogP contribution in [0.25, 0.3) is 16.0 Å². The van der Waals surface area contributed by atoms with Crippen molar-refractivity contribution in [2.24, 2.45) is 0 Å². The van der Waals surface area contributed by atoms with Crippen molar-refractivity contribution in [2.75, 3.05) is 18.9 Å². The van der Waals surface area contributed by atoms with Crippen LogP contribution in [0.3, 0.4) is 0 Å². The molecule has 0 spiro atoms. The highest BCUT2D eigenvalue weighted by molar-refractivity contribution is 7.92. The highest BCUT2D eigenvalue weighted by Crippen LogP contribution is 2.40. The van der Waals surface area contributed by atoms with Crippen LogP contribution in [-0.2, 0) is 10.0 Å². The highest BCUT2D eigenvalue weighted by Gasteiger charge is 2.21. The number of carbonyl (C=O) groups is 1. The Hall–Kier alpha value is -3.89. The maximum absolute atomic E-state index is 13.2. The van der Waals surface area contributed by atoms with Gasteiger partial charge in [-0.2, -0.15) is 0 Å². The number of nitrogens with zero attached hydrogens (tertiary/aromatic N) is 1. The first-order valence-corrected chi connectivity index (χ1v) is 12.3. The van der Waals surface area contributed by atoms with E-state index in [-0.39, 0.29) is 27.6 Å². The van der Waals surface area contributed by atoms with Gasteiger partial charge in [0.1, 0.15) is 17.8 Å². The number of ketones is 1. The fourth-order valence-electron chi connectivity index (χ4n) is 3.30. The SMILES string of the molecule is C=C(C(=O)c1ccc(S(=O)(=O)Nc2ccon2)cc1)c1cc(-c2cccs2)c(OC)cc1OC. The van der Waals surface area contributed by atoms with E-state index in [9.17, 15) is 13.2 Å². The van der Waals surface area contributed by atoms with Gasteiger partial charge in [0.25, 0.3) is 10.0 Å². The van der Waals surface area contributed by atoms with E-state index in [2.05, 4.69) is 21.0 Å². The van der Waals surface area contributed by atoms with Crippen molar-refractivity contribution in [3.8, 4) is 21.9 Å². The average Bonchev–Trinajstić information content (AvgIpc) is 3.56. The van der Waals surface area contributed by atoms with Crippen LogP contribution in [0.2, 0.25) is 0 Å². The van der Waals surface area contributed by atoms with E-state index in [1.807, 2.05) is 23.6 Å². The summed E-state index contributed by atoms with van der Waals surface area (Å²) >= 11 is 1.54. The summed E-state index contributed by atoms with van der Waals surface area (Å²) in [6, 6.07) is 14.3. The maximum Gasteiger partial charge on any atom is 0.263 e. The summed E-state index contributed by atoms with van der Waals surface area (Å²) < 4.78 is 42.9. The van der Waals surface area contributed by atoms with E-state index in [4.69, 9.17) is 9.47 Å². The number of allylic oxidation sites excluding steroid dienone is 1. The van der Waals surface area contributed by atoms with Gasteiger partial charge in [-0.1, -0.05) is 17.8 Å². The Balaban J connectivity index is 1.64. The van der Waals surface area contributed by atoms with Crippen molar-refractivity contribution >= 4 is 38.5 Å². The molecule has 0 radical (unpaired) electrons. The van der Waals surface area contributed by atoms with Gasteiger partial charge in [0.05, 0.1) is 19.1 Å². The summed E-state index contributed by atoms with van der Waals surface area (Å²) in [5.41, 5.74) is 1.80. The smallest absolute Gasteiger partial charge is 0.263 e. The summed E-state index contributed by atoms with van der Waals surface area (Å²) in [7, 11) is -0.816. The van der Waals surface area contributed by atoms with Gasteiger partial charge in [-0.3, -0.25) is 9.52 Å². The summed E-state index contributed by atoms with van der Waals surface area (Å²) in [6.45, 7) is 3.99. The Bertz CT molecular complexity index is 1430. The first-order chi connectivity index (χ1) is 16.3. The van der Waals surface area contributed by atoms with E-state index in [0.29, 0.717) is 17.1 Å². The number of anilines is 1. The monoisotopic (exact) mass is 496 g/mol. The molecule has 0 atom stereocenters. The number of thiophene rings is 1. The number of rotatable bonds is 9. The van der Waals surface area contributed by atoms with Crippen LogP contribution in [0.15, 0.2) is 82.2 Å². The lowest BCUT2D eigenvalue weighted by Crippen LogP contribution is -2.13. The largest absolute Gasteiger partial charge is 0.496 e. The zero-order chi connectivity index (χ0) is 24.3. The minimum Gasteiger partial charge on any atom is -0.496 e. The van der Waals surface area contributed by atoms with E-state index in [1.165, 1.54) is 43.7 Å². The molecule has 1 N–H and O–H groups in total. The Morgan fingerprint density at radius 3 is 2.38 bits per heavy atom. The number of carbonyl (C=O) groups excluding carboxylic acids is 1. The standard InChI is InChI=1S/C24H20N2O6S2/c1-15(18-13-19(22-5-4-12-33-22)21(31-3)14-20(18)30-2)24(27)16-6-8-17(9-7-16)34(28,29)26-23-10-11-32-25-23/h4-14H,1H2,2-3H3,(H,25,26). The van der Waals surface area contributed by atoms with Crippen LogP contribution in [0, 0.1) is 0 Å². The molecule has 10 heteroatoms. The molecule has 34 heavy (non-hydrogen) atoms. The lowest BCUT2D eigenvalue weighted by atomic mass is 9.95. The molecular formula is C24H20N2O6S2. The lowest BCUT2D eigenvalue weighted by molar-refractivity contribution is 0.105. The molecule has 0 aliphatic heterocycles. The van der Waals surface area contributed by atoms with Gasteiger partial charge in [-0.25, -0.2) is 8.42 Å². The van der Waals surface area contributed by atoms with E-state index < -0.39 is 10.0 Å². The van der Waals surface area contributed by atoms with E-state index >= 15 is 0 Å². The number of benzene rings is 2. The van der Waals surface area contributed by atoms with Crippen molar-refractivity contribution in [2.45, 2.75) is 4.90 Å². The molecular weight excluding hydrogens is 476 g/mol. The number of ether oxygens (including phenoxy) is 2. The molecule has 8 nitrogen and oxygen atoms in total. The van der Waals surface area contributed by atoms with Gasteiger partial charge in [0.15, 0.2) is 11.6 Å². The van der Waals surface area contributed by atoms with Gasteiger partial charge < -0.3 is 14.0 Å². The van der Waals surface area contributed by atoms with Crippen LogP contribution >= 0.6 is 11.3 Å². The van der Waals surface area contributed by atoms with Crippen molar-refractivity contribution in [3.05, 3.63) is 83.9 Å². The van der Waals surface area contributed by atoms with Crippen LogP contribution in [0.1, 0.15) is 15.9 Å². The zero-order valence-corrected chi connectivity index (χ0v) is 19.9. The number of methoxy groups -OCH3 is 2. The average molecular weight is 497 g/mol. The normalized spacial score (nSPS) is 11.1. The van der Waals surface area contributed by atoms with Crippen LogP contribution in [0.4, 0.5) is 5.82 Å². The number of hydrogen-bond donors (Lipinski definition) is 1. The first-order valence-electron chi connectivity index (χ1n) is 9.91. The summed E-state index contributed by atoms with van der Waals surface area (Å²) in [4.78, 5) is 14.2. The quantitative estimate of drug-likeness (QED) is 0.253. The molecule has 0 aliphatic carbocycles. The van der Waals surface area contributed by atoms with Crippen molar-refractivity contribution < 1.29 is 27.2 Å². The second kappa shape index (κ2) is 9.54. The first kappa shape index (κ1) is 23.3. The van der Waals surface area contributed by atoms with Gasteiger partial charge in [-0.05, 0) is 41.8 Å². The molecule has 0 saturated carbocycles. The molecule has 0 fully saturated rings. The minimum atomic E-state index is -3.89. The predicted octanol–water partition coefficient (Wildman–Crippen LogP) is 5.12. The molecule has 0 aliphatic rings. The molecule has 174 valence electrons. The minimum absolute atomic E-state index is 0.0281. The molecule has 2 heterocycles. The van der Waals surface area contributed by atoms with Gasteiger partial charge in [0.2, 0.25) is 0 Å². The third-order valence-electron chi connectivity index (χ3n) is 5.01. The number of aromatic nitrogens is 1. The van der Waals surface area contributed by atoms with E-state index in [0.717, 1.165) is 10.4 Å². The molecule has 0 amide bonds. The summed E-state index contributed by atoms with van der Waals surface area (Å²) in [6.07, 6.45) is 1.25. The second-order valence-electron chi connectivity index (χ2n) is 7.05. The maximum atomic E-state index is 13.2. The van der Waals surface area contributed by atoms with Gasteiger partial charge in [0, 0.05) is 39.3 Å². The summed E-state index contributed by atoms with van der Waals surface area (Å²) in [5, 5.41) is 5.48. The summed E-state index contributed by atoms with van der Waals surface area (Å²) in [5.74, 6) is 0.736. The van der Waals surface area contributed by atoms with E-state index in [1.54, 1.807) is 24.5 Å². The van der Waals surface area contributed by atoms with Gasteiger partial charge in [-0.15, -0.1) is 11.3 Å². The van der Waals surface area contributed by atoms with Crippen molar-refractivity contribution in [1.29, 1.82) is 0 Å².